The third kappa shape index (κ3) is 2.46. The first kappa shape index (κ1) is 11.0. The van der Waals surface area contributed by atoms with Gasteiger partial charge in [0.15, 0.2) is 5.13 Å². The predicted molar refractivity (Wildman–Crippen MR) is 59.6 cm³/mol. The van der Waals surface area contributed by atoms with Gasteiger partial charge in [0.25, 0.3) is 0 Å². The molecule has 1 heterocycles. The molecule has 4 heteroatoms. The van der Waals surface area contributed by atoms with Gasteiger partial charge >= 0.3 is 0 Å². The van der Waals surface area contributed by atoms with Crippen LogP contribution in [0.15, 0.2) is 5.38 Å². The Morgan fingerprint density at radius 1 is 1.71 bits per heavy atom. The van der Waals surface area contributed by atoms with Gasteiger partial charge in [0.2, 0.25) is 0 Å². The highest BCUT2D eigenvalue weighted by molar-refractivity contribution is 7.13. The molecule has 1 aromatic rings. The van der Waals surface area contributed by atoms with E-state index in [4.69, 9.17) is 5.26 Å². The molecule has 0 radical (unpaired) electrons. The normalized spacial score (nSPS) is 12.1. The topological polar surface area (TPSA) is 39.9 Å². The average Bonchev–Trinajstić information content (AvgIpc) is 2.65. The highest BCUT2D eigenvalue weighted by atomic mass is 32.1. The Bertz CT molecular complexity index is 326. The van der Waals surface area contributed by atoms with Crippen LogP contribution in [-0.4, -0.2) is 18.1 Å². The third-order valence-electron chi connectivity index (χ3n) is 2.25. The molecule has 0 spiro atoms. The fourth-order valence-corrected chi connectivity index (χ4v) is 2.06. The molecule has 0 aliphatic carbocycles. The van der Waals surface area contributed by atoms with Gasteiger partial charge in [-0.25, -0.2) is 4.98 Å². The van der Waals surface area contributed by atoms with E-state index >= 15 is 0 Å². The average molecular weight is 209 g/mol. The van der Waals surface area contributed by atoms with Crippen molar-refractivity contribution in [2.24, 2.45) is 0 Å². The lowest BCUT2D eigenvalue weighted by Crippen LogP contribution is -2.28. The Hall–Kier alpha value is -1.08. The minimum Gasteiger partial charge on any atom is -0.347 e. The molecule has 1 rings (SSSR count). The van der Waals surface area contributed by atoms with Crippen LogP contribution in [0.2, 0.25) is 0 Å². The molecular formula is C10H15N3S. The van der Waals surface area contributed by atoms with Crippen molar-refractivity contribution in [1.82, 2.24) is 4.98 Å². The van der Waals surface area contributed by atoms with Gasteiger partial charge in [0.1, 0.15) is 0 Å². The number of hydrogen-bond donors (Lipinski definition) is 0. The van der Waals surface area contributed by atoms with Gasteiger partial charge < -0.3 is 4.90 Å². The summed E-state index contributed by atoms with van der Waals surface area (Å²) >= 11 is 1.64. The fourth-order valence-electron chi connectivity index (χ4n) is 1.08. The van der Waals surface area contributed by atoms with Crippen molar-refractivity contribution in [2.45, 2.75) is 32.7 Å². The maximum absolute atomic E-state index is 8.59. The largest absolute Gasteiger partial charge is 0.347 e. The number of rotatable bonds is 4. The third-order valence-corrected chi connectivity index (χ3v) is 3.23. The number of nitriles is 1. The van der Waals surface area contributed by atoms with Crippen molar-refractivity contribution in [3.63, 3.8) is 0 Å². The maximum Gasteiger partial charge on any atom is 0.185 e. The zero-order valence-electron chi connectivity index (χ0n) is 8.82. The number of aryl methyl sites for hydroxylation is 1. The second kappa shape index (κ2) is 4.97. The van der Waals surface area contributed by atoms with Crippen LogP contribution in [0, 0.1) is 11.3 Å². The molecule has 1 atom stereocenters. The van der Waals surface area contributed by atoms with Gasteiger partial charge in [-0.15, -0.1) is 11.3 Å². The molecule has 0 saturated heterocycles. The maximum atomic E-state index is 8.59. The van der Waals surface area contributed by atoms with Crippen molar-refractivity contribution in [1.29, 1.82) is 5.26 Å². The van der Waals surface area contributed by atoms with Gasteiger partial charge in [0, 0.05) is 18.5 Å². The summed E-state index contributed by atoms with van der Waals surface area (Å²) in [5.41, 5.74) is 1.13. The Morgan fingerprint density at radius 3 is 2.93 bits per heavy atom. The van der Waals surface area contributed by atoms with E-state index < -0.39 is 0 Å². The second-order valence-electron chi connectivity index (χ2n) is 3.30. The first-order valence-electron chi connectivity index (χ1n) is 4.73. The summed E-state index contributed by atoms with van der Waals surface area (Å²) in [5.74, 6) is 0. The molecule has 0 fully saturated rings. The van der Waals surface area contributed by atoms with Crippen LogP contribution in [0.4, 0.5) is 5.13 Å². The van der Waals surface area contributed by atoms with Crippen molar-refractivity contribution >= 4 is 16.5 Å². The highest BCUT2D eigenvalue weighted by Gasteiger charge is 2.12. The van der Waals surface area contributed by atoms with Gasteiger partial charge in [-0.2, -0.15) is 5.26 Å². The summed E-state index contributed by atoms with van der Waals surface area (Å²) in [6, 6.07) is 2.41. The van der Waals surface area contributed by atoms with Crippen molar-refractivity contribution < 1.29 is 0 Å². The van der Waals surface area contributed by atoms with Crippen LogP contribution in [0.5, 0.6) is 0 Å². The van der Waals surface area contributed by atoms with E-state index in [-0.39, 0.29) is 6.04 Å². The number of hydrogen-bond acceptors (Lipinski definition) is 4. The van der Waals surface area contributed by atoms with E-state index in [1.807, 2.05) is 14.0 Å². The van der Waals surface area contributed by atoms with E-state index in [0.29, 0.717) is 6.42 Å². The van der Waals surface area contributed by atoms with E-state index in [1.54, 1.807) is 11.3 Å². The minimum absolute atomic E-state index is 0.232. The van der Waals surface area contributed by atoms with Gasteiger partial charge in [-0.3, -0.25) is 0 Å². The number of anilines is 1. The molecule has 0 bridgehead atoms. The molecule has 1 unspecified atom stereocenters. The summed E-state index contributed by atoms with van der Waals surface area (Å²) in [4.78, 5) is 6.53. The molecule has 0 aliphatic heterocycles. The lowest BCUT2D eigenvalue weighted by Gasteiger charge is -2.21. The Balaban J connectivity index is 2.69. The molecule has 0 aromatic carbocycles. The standard InChI is InChI=1S/C10H15N3S/c1-4-9-7-14-10(12-9)13(3)8(2)5-6-11/h7-8H,4-5H2,1-3H3. The molecule has 0 N–H and O–H groups in total. The smallest absolute Gasteiger partial charge is 0.185 e. The summed E-state index contributed by atoms with van der Waals surface area (Å²) in [7, 11) is 1.99. The van der Waals surface area contributed by atoms with E-state index in [0.717, 1.165) is 17.2 Å². The van der Waals surface area contributed by atoms with Crippen LogP contribution >= 0.6 is 11.3 Å². The molecule has 3 nitrogen and oxygen atoms in total. The van der Waals surface area contributed by atoms with E-state index in [9.17, 15) is 0 Å². The first-order valence-corrected chi connectivity index (χ1v) is 5.61. The zero-order valence-corrected chi connectivity index (χ0v) is 9.64. The molecular weight excluding hydrogens is 194 g/mol. The molecule has 76 valence electrons. The quantitative estimate of drug-likeness (QED) is 0.764. The predicted octanol–water partition coefficient (Wildman–Crippen LogP) is 2.44. The molecule has 14 heavy (non-hydrogen) atoms. The number of nitrogens with zero attached hydrogens (tertiary/aromatic N) is 3. The lowest BCUT2D eigenvalue weighted by atomic mass is 10.2. The molecule has 0 saturated carbocycles. The zero-order chi connectivity index (χ0) is 10.6. The van der Waals surface area contributed by atoms with Gasteiger partial charge in [0.05, 0.1) is 18.2 Å². The minimum atomic E-state index is 0.232. The van der Waals surface area contributed by atoms with Crippen LogP contribution in [0.1, 0.15) is 26.0 Å². The number of aromatic nitrogens is 1. The summed E-state index contributed by atoms with van der Waals surface area (Å²) < 4.78 is 0. The van der Waals surface area contributed by atoms with Crippen LogP contribution in [-0.2, 0) is 6.42 Å². The van der Waals surface area contributed by atoms with Crippen molar-refractivity contribution in [3.05, 3.63) is 11.1 Å². The van der Waals surface area contributed by atoms with Crippen LogP contribution in [0.25, 0.3) is 0 Å². The van der Waals surface area contributed by atoms with Crippen molar-refractivity contribution in [2.75, 3.05) is 11.9 Å². The summed E-state index contributed by atoms with van der Waals surface area (Å²) in [6.07, 6.45) is 1.51. The molecule has 1 aromatic heterocycles. The second-order valence-corrected chi connectivity index (χ2v) is 4.13. The molecule has 0 aliphatic rings. The van der Waals surface area contributed by atoms with E-state index in [2.05, 4.69) is 28.3 Å². The first-order chi connectivity index (χ1) is 6.69. The van der Waals surface area contributed by atoms with Crippen LogP contribution in [0.3, 0.4) is 0 Å². The van der Waals surface area contributed by atoms with E-state index in [1.165, 1.54) is 0 Å². The summed E-state index contributed by atoms with van der Waals surface area (Å²) in [5, 5.41) is 11.7. The van der Waals surface area contributed by atoms with Crippen LogP contribution < -0.4 is 4.90 Å². The van der Waals surface area contributed by atoms with Gasteiger partial charge in [-0.05, 0) is 13.3 Å². The highest BCUT2D eigenvalue weighted by Crippen LogP contribution is 2.21. The number of thiazole rings is 1. The fraction of sp³-hybridized carbons (Fsp3) is 0.600. The lowest BCUT2D eigenvalue weighted by molar-refractivity contribution is 0.699. The Morgan fingerprint density at radius 2 is 2.43 bits per heavy atom. The monoisotopic (exact) mass is 209 g/mol. The SMILES string of the molecule is CCc1csc(N(C)C(C)CC#N)n1. The van der Waals surface area contributed by atoms with Crippen molar-refractivity contribution in [3.8, 4) is 6.07 Å². The van der Waals surface area contributed by atoms with Gasteiger partial charge in [-0.1, -0.05) is 6.92 Å². The molecule has 0 amide bonds. The Kier molecular flexibility index (Phi) is 3.90. The summed E-state index contributed by atoms with van der Waals surface area (Å²) in [6.45, 7) is 4.13. The Labute approximate surface area is 89.0 Å².